The maximum Gasteiger partial charge on any atom is 0.114 e. The van der Waals surface area contributed by atoms with Gasteiger partial charge in [-0.15, -0.1) is 0 Å². The average Bonchev–Trinajstić information content (AvgIpc) is 2.78. The number of β-amino-alcohol motifs (C(OH)–C–C–N with tert-alkyl or cyclic N) is 1. The molecule has 102 valence electrons. The lowest BCUT2D eigenvalue weighted by molar-refractivity contribution is 0.158. The van der Waals surface area contributed by atoms with E-state index in [0.717, 1.165) is 25.2 Å². The number of nitrogens with zero attached hydrogens (tertiary/aromatic N) is 3. The first kappa shape index (κ1) is 12.6. The Balaban J connectivity index is 1.89. The average molecular weight is 259 g/mol. The fraction of sp³-hybridized carbons (Fsp3) is 0.533. The summed E-state index contributed by atoms with van der Waals surface area (Å²) < 4.78 is 2.22. The molecule has 1 atom stereocenters. The van der Waals surface area contributed by atoms with E-state index in [9.17, 15) is 0 Å². The normalized spacial score (nSPS) is 21.1. The first-order chi connectivity index (χ1) is 9.29. The number of aliphatic hydroxyl groups excluding tert-OH is 1. The highest BCUT2D eigenvalue weighted by atomic mass is 16.3. The lowest BCUT2D eigenvalue weighted by atomic mass is 9.97. The smallest absolute Gasteiger partial charge is 0.114 e. The van der Waals surface area contributed by atoms with E-state index < -0.39 is 0 Å². The van der Waals surface area contributed by atoms with E-state index in [2.05, 4.69) is 34.7 Å². The van der Waals surface area contributed by atoms with Crippen molar-refractivity contribution in [2.24, 2.45) is 7.05 Å². The predicted octanol–water partition coefficient (Wildman–Crippen LogP) is 1.74. The Morgan fingerprint density at radius 2 is 2.21 bits per heavy atom. The molecule has 1 saturated heterocycles. The van der Waals surface area contributed by atoms with Gasteiger partial charge in [-0.3, -0.25) is 0 Å². The van der Waals surface area contributed by atoms with Gasteiger partial charge in [-0.2, -0.15) is 0 Å². The molecule has 1 N–H and O–H groups in total. The Labute approximate surface area is 113 Å². The molecule has 1 aromatic carbocycles. The molecule has 0 aliphatic carbocycles. The Kier molecular flexibility index (Phi) is 3.53. The zero-order valence-electron chi connectivity index (χ0n) is 11.4. The number of rotatable bonds is 3. The summed E-state index contributed by atoms with van der Waals surface area (Å²) in [6, 6.07) is 8.30. The Morgan fingerprint density at radius 3 is 3.00 bits per heavy atom. The van der Waals surface area contributed by atoms with Gasteiger partial charge in [0.15, 0.2) is 0 Å². The summed E-state index contributed by atoms with van der Waals surface area (Å²) in [5.41, 5.74) is 2.29. The van der Waals surface area contributed by atoms with E-state index in [-0.39, 0.29) is 6.61 Å². The summed E-state index contributed by atoms with van der Waals surface area (Å²) in [6.07, 6.45) is 2.38. The summed E-state index contributed by atoms with van der Waals surface area (Å²) in [4.78, 5) is 7.15. The molecule has 0 spiro atoms. The Morgan fingerprint density at radius 1 is 1.37 bits per heavy atom. The Hall–Kier alpha value is -1.39. The molecule has 0 amide bonds. The van der Waals surface area contributed by atoms with Crippen LogP contribution in [0.1, 0.15) is 24.6 Å². The number of piperidine rings is 1. The number of para-hydroxylation sites is 2. The molecule has 1 fully saturated rings. The fourth-order valence-electron chi connectivity index (χ4n) is 3.14. The molecule has 4 heteroatoms. The third-order valence-electron chi connectivity index (χ3n) is 4.11. The van der Waals surface area contributed by atoms with Crippen LogP contribution in [0.3, 0.4) is 0 Å². The van der Waals surface area contributed by atoms with Crippen LogP contribution in [0.4, 0.5) is 0 Å². The van der Waals surface area contributed by atoms with E-state index >= 15 is 0 Å². The van der Waals surface area contributed by atoms with Crippen LogP contribution in [0.2, 0.25) is 0 Å². The number of likely N-dealkylation sites (tertiary alicyclic amines) is 1. The molecule has 1 aliphatic rings. The molecule has 0 bridgehead atoms. The van der Waals surface area contributed by atoms with Crippen LogP contribution < -0.4 is 0 Å². The van der Waals surface area contributed by atoms with E-state index in [1.165, 1.54) is 24.2 Å². The van der Waals surface area contributed by atoms with Crippen molar-refractivity contribution in [3.8, 4) is 0 Å². The van der Waals surface area contributed by atoms with Gasteiger partial charge < -0.3 is 14.6 Å². The zero-order valence-corrected chi connectivity index (χ0v) is 11.4. The molecule has 1 unspecified atom stereocenters. The van der Waals surface area contributed by atoms with Crippen molar-refractivity contribution in [3.63, 3.8) is 0 Å². The second kappa shape index (κ2) is 5.31. The first-order valence-electron chi connectivity index (χ1n) is 7.04. The standard InChI is InChI=1S/C15H21N3O/c1-17-14-7-3-2-6-13(14)16-15(17)12-5-4-8-18(11-12)9-10-19/h2-3,6-7,12,19H,4-5,8-11H2,1H3. The van der Waals surface area contributed by atoms with Gasteiger partial charge >= 0.3 is 0 Å². The maximum atomic E-state index is 9.08. The molecule has 0 radical (unpaired) electrons. The van der Waals surface area contributed by atoms with Gasteiger partial charge in [0.25, 0.3) is 0 Å². The van der Waals surface area contributed by atoms with E-state index in [0.29, 0.717) is 5.92 Å². The van der Waals surface area contributed by atoms with Crippen molar-refractivity contribution in [2.45, 2.75) is 18.8 Å². The summed E-state index contributed by atoms with van der Waals surface area (Å²) in [7, 11) is 2.11. The van der Waals surface area contributed by atoms with Crippen LogP contribution in [0, 0.1) is 0 Å². The molecule has 1 aromatic heterocycles. The molecule has 0 saturated carbocycles. The third-order valence-corrected chi connectivity index (χ3v) is 4.11. The number of imidazole rings is 1. The first-order valence-corrected chi connectivity index (χ1v) is 7.04. The lowest BCUT2D eigenvalue weighted by Crippen LogP contribution is -2.37. The number of hydrogen-bond acceptors (Lipinski definition) is 3. The number of aryl methyl sites for hydroxylation is 1. The highest BCUT2D eigenvalue weighted by Gasteiger charge is 2.24. The van der Waals surface area contributed by atoms with Crippen LogP contribution in [0.5, 0.6) is 0 Å². The van der Waals surface area contributed by atoms with Crippen molar-refractivity contribution in [3.05, 3.63) is 30.1 Å². The minimum absolute atomic E-state index is 0.245. The molecule has 4 nitrogen and oxygen atoms in total. The van der Waals surface area contributed by atoms with Crippen LogP contribution in [-0.4, -0.2) is 45.8 Å². The maximum absolute atomic E-state index is 9.08. The quantitative estimate of drug-likeness (QED) is 0.913. The minimum Gasteiger partial charge on any atom is -0.395 e. The van der Waals surface area contributed by atoms with E-state index in [1.807, 2.05) is 6.07 Å². The topological polar surface area (TPSA) is 41.3 Å². The van der Waals surface area contributed by atoms with Crippen LogP contribution >= 0.6 is 0 Å². The molecule has 2 heterocycles. The van der Waals surface area contributed by atoms with Gasteiger partial charge in [-0.1, -0.05) is 12.1 Å². The summed E-state index contributed by atoms with van der Waals surface area (Å²) in [6.45, 7) is 3.13. The van der Waals surface area contributed by atoms with Gasteiger partial charge in [0, 0.05) is 26.1 Å². The molecular formula is C15H21N3O. The number of aromatic nitrogens is 2. The van der Waals surface area contributed by atoms with Gasteiger partial charge in [0.05, 0.1) is 17.6 Å². The van der Waals surface area contributed by atoms with Crippen molar-refractivity contribution in [1.82, 2.24) is 14.5 Å². The highest BCUT2D eigenvalue weighted by molar-refractivity contribution is 5.75. The van der Waals surface area contributed by atoms with Crippen molar-refractivity contribution < 1.29 is 5.11 Å². The molecule has 2 aromatic rings. The monoisotopic (exact) mass is 259 g/mol. The summed E-state index contributed by atoms with van der Waals surface area (Å²) >= 11 is 0. The number of fused-ring (bicyclic) bond motifs is 1. The number of hydrogen-bond donors (Lipinski definition) is 1. The van der Waals surface area contributed by atoms with Gasteiger partial charge in [0.1, 0.15) is 5.82 Å². The largest absolute Gasteiger partial charge is 0.395 e. The van der Waals surface area contributed by atoms with Crippen molar-refractivity contribution in [2.75, 3.05) is 26.2 Å². The van der Waals surface area contributed by atoms with Gasteiger partial charge in [0.2, 0.25) is 0 Å². The minimum atomic E-state index is 0.245. The van der Waals surface area contributed by atoms with E-state index in [1.54, 1.807) is 0 Å². The second-order valence-electron chi connectivity index (χ2n) is 5.38. The third kappa shape index (κ3) is 2.38. The van der Waals surface area contributed by atoms with Gasteiger partial charge in [-0.25, -0.2) is 4.98 Å². The van der Waals surface area contributed by atoms with Crippen LogP contribution in [0.15, 0.2) is 24.3 Å². The highest BCUT2D eigenvalue weighted by Crippen LogP contribution is 2.28. The number of aliphatic hydroxyl groups is 1. The van der Waals surface area contributed by atoms with Crippen molar-refractivity contribution >= 4 is 11.0 Å². The molecule has 1 aliphatic heterocycles. The van der Waals surface area contributed by atoms with Crippen molar-refractivity contribution in [1.29, 1.82) is 0 Å². The Bertz CT molecular complexity index is 562. The second-order valence-corrected chi connectivity index (χ2v) is 5.38. The molecule has 19 heavy (non-hydrogen) atoms. The lowest BCUT2D eigenvalue weighted by Gasteiger charge is -2.31. The molecule has 3 rings (SSSR count). The summed E-state index contributed by atoms with van der Waals surface area (Å²) in [5.74, 6) is 1.67. The predicted molar refractivity (Wildman–Crippen MR) is 76.2 cm³/mol. The number of benzene rings is 1. The molecular weight excluding hydrogens is 238 g/mol. The van der Waals surface area contributed by atoms with Gasteiger partial charge in [-0.05, 0) is 31.5 Å². The summed E-state index contributed by atoms with van der Waals surface area (Å²) in [5, 5.41) is 9.08. The SMILES string of the molecule is Cn1c(C2CCCN(CCO)C2)nc2ccccc21. The fourth-order valence-corrected chi connectivity index (χ4v) is 3.14. The van der Waals surface area contributed by atoms with Crippen LogP contribution in [0.25, 0.3) is 11.0 Å². The van der Waals surface area contributed by atoms with Crippen LogP contribution in [-0.2, 0) is 7.05 Å². The zero-order chi connectivity index (χ0) is 13.2. The van der Waals surface area contributed by atoms with E-state index in [4.69, 9.17) is 10.1 Å².